The van der Waals surface area contributed by atoms with E-state index in [1.807, 2.05) is 36.6 Å². The van der Waals surface area contributed by atoms with E-state index in [1.54, 1.807) is 6.20 Å². The number of rotatable bonds is 1. The molecular weight excluding hydrogens is 258 g/mol. The van der Waals surface area contributed by atoms with Crippen molar-refractivity contribution in [2.75, 3.05) is 0 Å². The van der Waals surface area contributed by atoms with E-state index in [2.05, 4.69) is 35.2 Å². The summed E-state index contributed by atoms with van der Waals surface area (Å²) in [6.45, 7) is 6.08. The lowest BCUT2D eigenvalue weighted by Gasteiger charge is -2.03. The molecule has 2 aromatic heterocycles. The Morgan fingerprint density at radius 3 is 2.58 bits per heavy atom. The van der Waals surface area contributed by atoms with E-state index in [1.165, 1.54) is 10.9 Å². The lowest BCUT2D eigenvalue weighted by atomic mass is 10.2. The summed E-state index contributed by atoms with van der Waals surface area (Å²) in [5.41, 5.74) is 2.34. The Balaban J connectivity index is 0.000000637. The van der Waals surface area contributed by atoms with Crippen molar-refractivity contribution >= 4 is 22.5 Å². The Morgan fingerprint density at radius 1 is 1.11 bits per heavy atom. The fourth-order valence-electron chi connectivity index (χ4n) is 2.00. The molecule has 19 heavy (non-hydrogen) atoms. The zero-order chi connectivity index (χ0) is 13.8. The predicted octanol–water partition coefficient (Wildman–Crippen LogP) is 4.41. The molecule has 0 aliphatic carbocycles. The van der Waals surface area contributed by atoms with Crippen molar-refractivity contribution in [3.8, 4) is 5.82 Å². The number of benzene rings is 1. The summed E-state index contributed by atoms with van der Waals surface area (Å²) in [6, 6.07) is 10.1. The van der Waals surface area contributed by atoms with Crippen LogP contribution in [0.4, 0.5) is 0 Å². The van der Waals surface area contributed by atoms with Gasteiger partial charge in [-0.1, -0.05) is 32.0 Å². The molecule has 0 aliphatic rings. The van der Waals surface area contributed by atoms with E-state index in [-0.39, 0.29) is 5.28 Å². The van der Waals surface area contributed by atoms with Gasteiger partial charge in [-0.15, -0.1) is 0 Å². The third-order valence-electron chi connectivity index (χ3n) is 2.77. The second kappa shape index (κ2) is 5.85. The second-order valence-electron chi connectivity index (χ2n) is 3.88. The molecule has 0 amide bonds. The number of aromatic nitrogens is 3. The highest BCUT2D eigenvalue weighted by Gasteiger charge is 2.07. The molecule has 0 unspecified atom stereocenters. The number of nitrogens with zero attached hydrogens (tertiary/aromatic N) is 3. The lowest BCUT2D eigenvalue weighted by Crippen LogP contribution is -1.96. The maximum absolute atomic E-state index is 5.82. The van der Waals surface area contributed by atoms with E-state index in [0.29, 0.717) is 0 Å². The normalized spacial score (nSPS) is 10.1. The quantitative estimate of drug-likeness (QED) is 0.615. The summed E-state index contributed by atoms with van der Waals surface area (Å²) >= 11 is 5.82. The summed E-state index contributed by atoms with van der Waals surface area (Å²) < 4.78 is 2.03. The van der Waals surface area contributed by atoms with Gasteiger partial charge < -0.3 is 4.57 Å². The summed E-state index contributed by atoms with van der Waals surface area (Å²) in [6.07, 6.45) is 3.72. The zero-order valence-electron chi connectivity index (χ0n) is 11.3. The van der Waals surface area contributed by atoms with Gasteiger partial charge in [-0.3, -0.25) is 0 Å². The topological polar surface area (TPSA) is 30.7 Å². The van der Waals surface area contributed by atoms with Crippen LogP contribution >= 0.6 is 11.6 Å². The summed E-state index contributed by atoms with van der Waals surface area (Å²) in [5, 5.41) is 1.49. The van der Waals surface area contributed by atoms with E-state index < -0.39 is 0 Å². The molecule has 98 valence electrons. The van der Waals surface area contributed by atoms with Crippen molar-refractivity contribution in [1.82, 2.24) is 14.5 Å². The van der Waals surface area contributed by atoms with Crippen LogP contribution in [0.1, 0.15) is 19.4 Å². The first kappa shape index (κ1) is 13.6. The van der Waals surface area contributed by atoms with Crippen molar-refractivity contribution in [3.05, 3.63) is 53.6 Å². The molecule has 0 bridgehead atoms. The highest BCUT2D eigenvalue weighted by atomic mass is 35.5. The monoisotopic (exact) mass is 273 g/mol. The Kier molecular flexibility index (Phi) is 4.17. The second-order valence-corrected chi connectivity index (χ2v) is 4.22. The molecule has 3 rings (SSSR count). The largest absolute Gasteiger partial charge is 0.301 e. The van der Waals surface area contributed by atoms with Crippen molar-refractivity contribution in [2.45, 2.75) is 20.8 Å². The number of aryl methyl sites for hydroxylation is 1. The minimum absolute atomic E-state index is 0.262. The van der Waals surface area contributed by atoms with Crippen LogP contribution < -0.4 is 0 Å². The molecule has 4 heteroatoms. The highest BCUT2D eigenvalue weighted by Crippen LogP contribution is 2.23. The van der Waals surface area contributed by atoms with Crippen LogP contribution in [0.5, 0.6) is 0 Å². The molecular formula is C15H16ClN3. The first-order valence-electron chi connectivity index (χ1n) is 6.31. The van der Waals surface area contributed by atoms with Crippen molar-refractivity contribution in [3.63, 3.8) is 0 Å². The number of hydrogen-bond acceptors (Lipinski definition) is 2. The lowest BCUT2D eigenvalue weighted by molar-refractivity contribution is 1.01. The van der Waals surface area contributed by atoms with Gasteiger partial charge >= 0.3 is 0 Å². The minimum Gasteiger partial charge on any atom is -0.301 e. The van der Waals surface area contributed by atoms with E-state index >= 15 is 0 Å². The maximum Gasteiger partial charge on any atom is 0.224 e. The molecule has 0 fully saturated rings. The minimum atomic E-state index is 0.262. The smallest absolute Gasteiger partial charge is 0.224 e. The van der Waals surface area contributed by atoms with Crippen molar-refractivity contribution in [1.29, 1.82) is 0 Å². The van der Waals surface area contributed by atoms with E-state index in [4.69, 9.17) is 11.6 Å². The zero-order valence-corrected chi connectivity index (χ0v) is 12.0. The molecule has 0 N–H and O–H groups in total. The number of para-hydroxylation sites is 1. The van der Waals surface area contributed by atoms with Crippen LogP contribution in [0.15, 0.2) is 42.7 Å². The molecule has 0 aliphatic heterocycles. The van der Waals surface area contributed by atoms with Gasteiger partial charge in [-0.25, -0.2) is 4.98 Å². The summed E-state index contributed by atoms with van der Waals surface area (Å²) in [5.74, 6) is 0.786. The maximum atomic E-state index is 5.82. The number of fused-ring (bicyclic) bond motifs is 1. The fourth-order valence-corrected chi connectivity index (χ4v) is 2.14. The average Bonchev–Trinajstić information content (AvgIpc) is 2.79. The Morgan fingerprint density at radius 2 is 1.84 bits per heavy atom. The average molecular weight is 274 g/mol. The Labute approximate surface area is 117 Å². The molecule has 3 aromatic rings. The first-order valence-corrected chi connectivity index (χ1v) is 6.69. The first-order chi connectivity index (χ1) is 9.25. The van der Waals surface area contributed by atoms with Gasteiger partial charge in [0.1, 0.15) is 5.82 Å². The third kappa shape index (κ3) is 2.61. The molecule has 0 saturated carbocycles. The highest BCUT2D eigenvalue weighted by molar-refractivity contribution is 6.28. The van der Waals surface area contributed by atoms with Crippen LogP contribution in [0.3, 0.4) is 0 Å². The third-order valence-corrected chi connectivity index (χ3v) is 2.95. The van der Waals surface area contributed by atoms with Crippen LogP contribution in [0.2, 0.25) is 5.28 Å². The molecule has 0 saturated heterocycles. The van der Waals surface area contributed by atoms with Gasteiger partial charge in [-0.05, 0) is 36.2 Å². The van der Waals surface area contributed by atoms with Crippen LogP contribution in [0, 0.1) is 6.92 Å². The Bertz CT molecular complexity index is 689. The van der Waals surface area contributed by atoms with E-state index in [9.17, 15) is 0 Å². The fraction of sp³-hybridized carbons (Fsp3) is 0.200. The van der Waals surface area contributed by atoms with Gasteiger partial charge in [0.15, 0.2) is 0 Å². The molecule has 0 spiro atoms. The Hall–Kier alpha value is -1.87. The molecule has 1 aromatic carbocycles. The van der Waals surface area contributed by atoms with Crippen molar-refractivity contribution < 1.29 is 0 Å². The predicted molar refractivity (Wildman–Crippen MR) is 80.0 cm³/mol. The molecule has 2 heterocycles. The van der Waals surface area contributed by atoms with E-state index in [0.717, 1.165) is 11.3 Å². The molecule has 3 nitrogen and oxygen atoms in total. The standard InChI is InChI=1S/C13H10ClN3.C2H6/c1-9-8-17(11-5-3-2-4-10(9)11)12-6-7-15-13(14)16-12;1-2/h2-8H,1H3;1-2H3. The van der Waals surface area contributed by atoms with Crippen LogP contribution in [-0.4, -0.2) is 14.5 Å². The van der Waals surface area contributed by atoms with Gasteiger partial charge in [0.05, 0.1) is 5.52 Å². The number of halogens is 1. The van der Waals surface area contributed by atoms with Crippen molar-refractivity contribution in [2.24, 2.45) is 0 Å². The van der Waals surface area contributed by atoms with Crippen LogP contribution in [-0.2, 0) is 0 Å². The van der Waals surface area contributed by atoms with Gasteiger partial charge in [0, 0.05) is 17.8 Å². The SMILES string of the molecule is CC.Cc1cn(-c2ccnc(Cl)n2)c2ccccc12. The van der Waals surface area contributed by atoms with Gasteiger partial charge in [0.2, 0.25) is 5.28 Å². The number of hydrogen-bond donors (Lipinski definition) is 0. The summed E-state index contributed by atoms with van der Waals surface area (Å²) in [4.78, 5) is 8.12. The van der Waals surface area contributed by atoms with Gasteiger partial charge in [0.25, 0.3) is 0 Å². The summed E-state index contributed by atoms with van der Waals surface area (Å²) in [7, 11) is 0. The van der Waals surface area contributed by atoms with Gasteiger partial charge in [-0.2, -0.15) is 4.98 Å². The molecule has 0 atom stereocenters. The molecule has 0 radical (unpaired) electrons. The van der Waals surface area contributed by atoms with Crippen LogP contribution in [0.25, 0.3) is 16.7 Å².